The first kappa shape index (κ1) is 25.2. The lowest BCUT2D eigenvalue weighted by Gasteiger charge is -2.38. The van der Waals surface area contributed by atoms with Gasteiger partial charge in [-0.15, -0.1) is 0 Å². The van der Waals surface area contributed by atoms with E-state index in [-0.39, 0.29) is 0 Å². The molecule has 3 nitrogen and oxygen atoms in total. The molecule has 2 heterocycles. The molecule has 0 saturated carbocycles. The van der Waals surface area contributed by atoms with Crippen LogP contribution in [0.5, 0.6) is 0 Å². The number of hydrogen-bond acceptors (Lipinski definition) is 3. The second-order valence-corrected chi connectivity index (χ2v) is 10.2. The predicted molar refractivity (Wildman–Crippen MR) is 148 cm³/mol. The molecular formula is C32H40N2O. The number of aryl methyl sites for hydroxylation is 1. The second kappa shape index (κ2) is 11.2. The van der Waals surface area contributed by atoms with E-state index in [1.807, 2.05) is 0 Å². The highest BCUT2D eigenvalue weighted by atomic mass is 16.5. The van der Waals surface area contributed by atoms with Crippen LogP contribution in [0, 0.1) is 6.92 Å². The standard InChI is InChI=1S/C32H40N2O/c1-24(2)10-8-11-25(3)12-9-13-26(4)20-23-35-32(28-18-16-27(5)17-19-28)30-15-7-6-14-29(30)31-33-21-22-34(31)32/h6-7,10,12,14-20H,8-9,11,13,21-23H2,1-5H3/b25-12+,26-20+. The van der Waals surface area contributed by atoms with E-state index in [9.17, 15) is 0 Å². The number of aliphatic imine (C=N–C) groups is 1. The van der Waals surface area contributed by atoms with Gasteiger partial charge in [-0.25, -0.2) is 0 Å². The Hall–Kier alpha value is -2.91. The molecular weight excluding hydrogens is 428 g/mol. The summed E-state index contributed by atoms with van der Waals surface area (Å²) in [5.74, 6) is 1.07. The summed E-state index contributed by atoms with van der Waals surface area (Å²) < 4.78 is 6.88. The minimum atomic E-state index is -0.627. The third kappa shape index (κ3) is 5.51. The van der Waals surface area contributed by atoms with Gasteiger partial charge in [0, 0.05) is 23.2 Å². The summed E-state index contributed by atoms with van der Waals surface area (Å²) >= 11 is 0. The minimum absolute atomic E-state index is 0.571. The van der Waals surface area contributed by atoms with Crippen molar-refractivity contribution in [1.29, 1.82) is 0 Å². The number of fused-ring (bicyclic) bond motifs is 3. The molecule has 35 heavy (non-hydrogen) atoms. The maximum Gasteiger partial charge on any atom is 0.196 e. The zero-order chi connectivity index (χ0) is 24.8. The summed E-state index contributed by atoms with van der Waals surface area (Å²) in [7, 11) is 0. The van der Waals surface area contributed by atoms with Crippen molar-refractivity contribution in [1.82, 2.24) is 4.90 Å². The third-order valence-corrected chi connectivity index (χ3v) is 7.04. The Morgan fingerprint density at radius 2 is 1.60 bits per heavy atom. The molecule has 4 rings (SSSR count). The van der Waals surface area contributed by atoms with Crippen molar-refractivity contribution in [2.75, 3.05) is 19.7 Å². The molecule has 3 heteroatoms. The molecule has 0 aromatic heterocycles. The summed E-state index contributed by atoms with van der Waals surface area (Å²) in [5.41, 5.74) is 8.44. The van der Waals surface area contributed by atoms with Crippen molar-refractivity contribution in [3.63, 3.8) is 0 Å². The van der Waals surface area contributed by atoms with Gasteiger partial charge in [-0.1, -0.05) is 89.0 Å². The van der Waals surface area contributed by atoms with Crippen LogP contribution in [0.15, 0.2) is 88.5 Å². The van der Waals surface area contributed by atoms with Crippen LogP contribution in [0.2, 0.25) is 0 Å². The summed E-state index contributed by atoms with van der Waals surface area (Å²) in [6.07, 6.45) is 11.4. The maximum atomic E-state index is 6.88. The predicted octanol–water partition coefficient (Wildman–Crippen LogP) is 7.71. The van der Waals surface area contributed by atoms with E-state index in [0.717, 1.165) is 44.6 Å². The van der Waals surface area contributed by atoms with Gasteiger partial charge in [-0.2, -0.15) is 0 Å². The van der Waals surface area contributed by atoms with Gasteiger partial charge in [0.25, 0.3) is 0 Å². The van der Waals surface area contributed by atoms with Crippen LogP contribution in [-0.2, 0) is 10.5 Å². The summed E-state index contributed by atoms with van der Waals surface area (Å²) in [6.45, 7) is 13.2. The fourth-order valence-electron chi connectivity index (χ4n) is 5.08. The van der Waals surface area contributed by atoms with Gasteiger partial charge in [0.05, 0.1) is 13.2 Å². The second-order valence-electron chi connectivity index (χ2n) is 10.2. The van der Waals surface area contributed by atoms with Gasteiger partial charge in [-0.3, -0.25) is 4.99 Å². The van der Waals surface area contributed by atoms with E-state index >= 15 is 0 Å². The van der Waals surface area contributed by atoms with Crippen molar-refractivity contribution >= 4 is 5.84 Å². The molecule has 1 unspecified atom stereocenters. The number of rotatable bonds is 10. The van der Waals surface area contributed by atoms with Crippen LogP contribution in [0.1, 0.15) is 75.6 Å². The molecule has 2 aliphatic heterocycles. The van der Waals surface area contributed by atoms with Crippen molar-refractivity contribution in [2.45, 2.75) is 66.0 Å². The van der Waals surface area contributed by atoms with Gasteiger partial charge in [-0.05, 0) is 60.3 Å². The number of allylic oxidation sites excluding steroid dienone is 5. The van der Waals surface area contributed by atoms with Gasteiger partial charge in [0.2, 0.25) is 0 Å². The molecule has 2 aromatic carbocycles. The van der Waals surface area contributed by atoms with E-state index < -0.39 is 5.72 Å². The van der Waals surface area contributed by atoms with Crippen molar-refractivity contribution in [3.8, 4) is 0 Å². The maximum absolute atomic E-state index is 6.88. The molecule has 184 valence electrons. The Labute approximate surface area is 211 Å². The molecule has 2 aromatic rings. The first-order valence-corrected chi connectivity index (χ1v) is 13.0. The first-order valence-electron chi connectivity index (χ1n) is 13.0. The molecule has 0 spiro atoms. The molecule has 0 radical (unpaired) electrons. The molecule has 0 N–H and O–H groups in total. The van der Waals surface area contributed by atoms with Crippen LogP contribution < -0.4 is 0 Å². The Bertz CT molecular complexity index is 1150. The van der Waals surface area contributed by atoms with Gasteiger partial charge >= 0.3 is 0 Å². The molecule has 0 amide bonds. The van der Waals surface area contributed by atoms with Crippen LogP contribution in [-0.4, -0.2) is 30.4 Å². The zero-order valence-corrected chi connectivity index (χ0v) is 22.1. The van der Waals surface area contributed by atoms with Crippen LogP contribution in [0.25, 0.3) is 0 Å². The summed E-state index contributed by atoms with van der Waals surface area (Å²) in [6, 6.07) is 17.4. The molecule has 1 atom stereocenters. The van der Waals surface area contributed by atoms with Crippen molar-refractivity contribution in [2.24, 2.45) is 4.99 Å². The number of benzene rings is 2. The monoisotopic (exact) mass is 468 g/mol. The third-order valence-electron chi connectivity index (χ3n) is 7.04. The van der Waals surface area contributed by atoms with Gasteiger partial charge in [0.15, 0.2) is 5.72 Å². The fraction of sp³-hybridized carbons (Fsp3) is 0.406. The summed E-state index contributed by atoms with van der Waals surface area (Å²) in [4.78, 5) is 7.21. The Morgan fingerprint density at radius 3 is 2.34 bits per heavy atom. The fourth-order valence-corrected chi connectivity index (χ4v) is 5.08. The normalized spacial score (nSPS) is 19.5. The average Bonchev–Trinajstić information content (AvgIpc) is 3.41. The minimum Gasteiger partial charge on any atom is -0.343 e. The number of nitrogens with zero attached hydrogens (tertiary/aromatic N) is 2. The van der Waals surface area contributed by atoms with E-state index in [0.29, 0.717) is 6.61 Å². The van der Waals surface area contributed by atoms with E-state index in [2.05, 4.69) is 106 Å². The number of hydrogen-bond donors (Lipinski definition) is 0. The van der Waals surface area contributed by atoms with Crippen LogP contribution >= 0.6 is 0 Å². The lowest BCUT2D eigenvalue weighted by Crippen LogP contribution is -2.46. The highest BCUT2D eigenvalue weighted by Crippen LogP contribution is 2.46. The summed E-state index contributed by atoms with van der Waals surface area (Å²) in [5, 5.41) is 0. The highest BCUT2D eigenvalue weighted by molar-refractivity contribution is 6.05. The lowest BCUT2D eigenvalue weighted by atomic mass is 9.92. The van der Waals surface area contributed by atoms with Gasteiger partial charge in [0.1, 0.15) is 5.84 Å². The Balaban J connectivity index is 1.49. The molecule has 0 saturated heterocycles. The van der Waals surface area contributed by atoms with Crippen LogP contribution in [0.4, 0.5) is 0 Å². The lowest BCUT2D eigenvalue weighted by molar-refractivity contribution is -0.0821. The molecule has 0 bridgehead atoms. The average molecular weight is 469 g/mol. The topological polar surface area (TPSA) is 24.8 Å². The first-order chi connectivity index (χ1) is 16.9. The quantitative estimate of drug-likeness (QED) is 0.334. The van der Waals surface area contributed by atoms with Crippen LogP contribution in [0.3, 0.4) is 0 Å². The van der Waals surface area contributed by atoms with E-state index in [1.54, 1.807) is 0 Å². The molecule has 0 aliphatic carbocycles. The SMILES string of the molecule is CC(C)=CCC/C(C)=C/CC/C(C)=C/COC1(c2ccc(C)cc2)c2ccccc2C2=NCCN21. The van der Waals surface area contributed by atoms with Gasteiger partial charge < -0.3 is 9.64 Å². The van der Waals surface area contributed by atoms with E-state index in [4.69, 9.17) is 9.73 Å². The van der Waals surface area contributed by atoms with E-state index in [1.165, 1.54) is 39.0 Å². The zero-order valence-electron chi connectivity index (χ0n) is 22.1. The molecule has 2 aliphatic rings. The largest absolute Gasteiger partial charge is 0.343 e. The highest BCUT2D eigenvalue weighted by Gasteiger charge is 2.51. The number of amidine groups is 1. The Kier molecular flexibility index (Phi) is 8.07. The van der Waals surface area contributed by atoms with Crippen molar-refractivity contribution in [3.05, 3.63) is 106 Å². The smallest absolute Gasteiger partial charge is 0.196 e. The molecule has 0 fully saturated rings. The van der Waals surface area contributed by atoms with Crippen molar-refractivity contribution < 1.29 is 4.74 Å². The number of ether oxygens (including phenoxy) is 1. The Morgan fingerprint density at radius 1 is 0.914 bits per heavy atom.